The fourth-order valence-electron chi connectivity index (χ4n) is 2.60. The highest BCUT2D eigenvalue weighted by molar-refractivity contribution is 7.10. The number of hydrogen-bond acceptors (Lipinski definition) is 4. The van der Waals surface area contributed by atoms with E-state index in [-0.39, 0.29) is 18.7 Å². The van der Waals surface area contributed by atoms with Gasteiger partial charge in [-0.2, -0.15) is 0 Å². The summed E-state index contributed by atoms with van der Waals surface area (Å²) in [5.74, 6) is 0. The Kier molecular flexibility index (Phi) is 6.48. The van der Waals surface area contributed by atoms with Crippen molar-refractivity contribution < 1.29 is 9.90 Å². The van der Waals surface area contributed by atoms with Crippen LogP contribution >= 0.6 is 11.3 Å². The van der Waals surface area contributed by atoms with E-state index in [1.165, 1.54) is 10.4 Å². The Morgan fingerprint density at radius 1 is 1.57 bits per heavy atom. The molecule has 5 nitrogen and oxygen atoms in total. The summed E-state index contributed by atoms with van der Waals surface area (Å²) in [5.41, 5.74) is 1.43. The molecule has 0 fully saturated rings. The molecule has 1 aliphatic rings. The monoisotopic (exact) mass is 311 g/mol. The number of nitrogens with one attached hydrogen (secondary N) is 2. The number of amides is 2. The molecule has 2 rings (SSSR count). The van der Waals surface area contributed by atoms with E-state index < -0.39 is 0 Å². The smallest absolute Gasteiger partial charge is 0.315 e. The zero-order valence-corrected chi connectivity index (χ0v) is 13.4. The molecule has 0 aliphatic carbocycles. The summed E-state index contributed by atoms with van der Waals surface area (Å²) in [6.07, 6.45) is 2.56. The quantitative estimate of drug-likeness (QED) is 0.716. The topological polar surface area (TPSA) is 64.6 Å². The Labute approximate surface area is 130 Å². The molecule has 0 radical (unpaired) electrons. The van der Waals surface area contributed by atoms with Crippen LogP contribution in [0.1, 0.15) is 30.2 Å². The Balaban J connectivity index is 1.64. The lowest BCUT2D eigenvalue weighted by molar-refractivity contribution is 0.221. The van der Waals surface area contributed by atoms with E-state index in [0.29, 0.717) is 13.0 Å². The fourth-order valence-corrected chi connectivity index (χ4v) is 3.49. The van der Waals surface area contributed by atoms with Crippen LogP contribution in [0.5, 0.6) is 0 Å². The van der Waals surface area contributed by atoms with Gasteiger partial charge in [0.05, 0.1) is 0 Å². The molecule has 0 spiro atoms. The molecule has 1 aromatic heterocycles. The summed E-state index contributed by atoms with van der Waals surface area (Å²) >= 11 is 1.84. The van der Waals surface area contributed by atoms with Crippen molar-refractivity contribution in [3.8, 4) is 0 Å². The molecule has 1 aliphatic heterocycles. The summed E-state index contributed by atoms with van der Waals surface area (Å²) in [6.45, 7) is 5.70. The van der Waals surface area contributed by atoms with Crippen molar-refractivity contribution in [3.05, 3.63) is 21.9 Å². The number of hydrogen-bond donors (Lipinski definition) is 3. The highest BCUT2D eigenvalue weighted by Crippen LogP contribution is 2.23. The van der Waals surface area contributed by atoms with Gasteiger partial charge in [0.2, 0.25) is 0 Å². The van der Waals surface area contributed by atoms with E-state index >= 15 is 0 Å². The molecule has 21 heavy (non-hydrogen) atoms. The summed E-state index contributed by atoms with van der Waals surface area (Å²) in [7, 11) is 0. The molecule has 0 bridgehead atoms. The normalized spacial score (nSPS) is 16.3. The number of thiophene rings is 1. The van der Waals surface area contributed by atoms with Gasteiger partial charge in [-0.15, -0.1) is 11.3 Å². The van der Waals surface area contributed by atoms with E-state index in [0.717, 1.165) is 32.5 Å². The largest absolute Gasteiger partial charge is 0.396 e. The van der Waals surface area contributed by atoms with Crippen molar-refractivity contribution in [2.75, 3.05) is 26.2 Å². The maximum absolute atomic E-state index is 11.8. The molecular weight excluding hydrogens is 286 g/mol. The molecule has 6 heteroatoms. The molecule has 118 valence electrons. The zero-order valence-electron chi connectivity index (χ0n) is 12.6. The Hall–Kier alpha value is -1.11. The highest BCUT2D eigenvalue weighted by Gasteiger charge is 2.17. The van der Waals surface area contributed by atoms with Crippen LogP contribution < -0.4 is 10.6 Å². The third-order valence-corrected chi connectivity index (χ3v) is 4.93. The zero-order chi connectivity index (χ0) is 15.1. The molecule has 0 saturated carbocycles. The SMILES string of the molecule is CCC(CCO)NC(=O)NCCN1CCc2sccc2C1. The van der Waals surface area contributed by atoms with Crippen LogP contribution in [0.25, 0.3) is 0 Å². The third kappa shape index (κ3) is 4.98. The molecule has 3 N–H and O–H groups in total. The van der Waals surface area contributed by atoms with Crippen LogP contribution in [-0.2, 0) is 13.0 Å². The second-order valence-electron chi connectivity index (χ2n) is 5.41. The van der Waals surface area contributed by atoms with Gasteiger partial charge in [0, 0.05) is 43.7 Å². The Morgan fingerprint density at radius 2 is 2.43 bits per heavy atom. The van der Waals surface area contributed by atoms with E-state index in [4.69, 9.17) is 5.11 Å². The lowest BCUT2D eigenvalue weighted by Gasteiger charge is -2.27. The van der Waals surface area contributed by atoms with Crippen LogP contribution in [0.3, 0.4) is 0 Å². The number of carbonyl (C=O) groups is 1. The molecule has 1 unspecified atom stereocenters. The molecule has 0 aromatic carbocycles. The fraction of sp³-hybridized carbons (Fsp3) is 0.667. The number of nitrogens with zero attached hydrogens (tertiary/aromatic N) is 1. The maximum Gasteiger partial charge on any atom is 0.315 e. The molecular formula is C15H25N3O2S. The van der Waals surface area contributed by atoms with Crippen molar-refractivity contribution in [3.63, 3.8) is 0 Å². The lowest BCUT2D eigenvalue weighted by Crippen LogP contribution is -2.45. The van der Waals surface area contributed by atoms with E-state index in [1.54, 1.807) is 0 Å². The van der Waals surface area contributed by atoms with Crippen molar-refractivity contribution in [1.29, 1.82) is 0 Å². The van der Waals surface area contributed by atoms with E-state index in [1.807, 2.05) is 18.3 Å². The number of carbonyl (C=O) groups excluding carboxylic acids is 1. The maximum atomic E-state index is 11.8. The van der Waals surface area contributed by atoms with Crippen LogP contribution in [0, 0.1) is 0 Å². The highest BCUT2D eigenvalue weighted by atomic mass is 32.1. The minimum Gasteiger partial charge on any atom is -0.396 e. The molecule has 1 aromatic rings. The first-order valence-corrected chi connectivity index (χ1v) is 8.53. The second kappa shape index (κ2) is 8.36. The van der Waals surface area contributed by atoms with Gasteiger partial charge in [-0.05, 0) is 36.3 Å². The summed E-state index contributed by atoms with van der Waals surface area (Å²) in [5, 5.41) is 16.9. The van der Waals surface area contributed by atoms with Crippen molar-refractivity contribution in [1.82, 2.24) is 15.5 Å². The van der Waals surface area contributed by atoms with Gasteiger partial charge in [-0.3, -0.25) is 4.90 Å². The summed E-state index contributed by atoms with van der Waals surface area (Å²) < 4.78 is 0. The second-order valence-corrected chi connectivity index (χ2v) is 6.41. The number of urea groups is 1. The van der Waals surface area contributed by atoms with Gasteiger partial charge in [0.1, 0.15) is 0 Å². The van der Waals surface area contributed by atoms with Crippen LogP contribution in [0.15, 0.2) is 11.4 Å². The lowest BCUT2D eigenvalue weighted by atomic mass is 10.1. The summed E-state index contributed by atoms with van der Waals surface area (Å²) in [4.78, 5) is 15.6. The Bertz CT molecular complexity index is 450. The first-order chi connectivity index (χ1) is 10.2. The first kappa shape index (κ1) is 16.3. The number of aliphatic hydroxyl groups excluding tert-OH is 1. The van der Waals surface area contributed by atoms with Gasteiger partial charge in [0.25, 0.3) is 0 Å². The average Bonchev–Trinajstić information content (AvgIpc) is 2.94. The van der Waals surface area contributed by atoms with Gasteiger partial charge < -0.3 is 15.7 Å². The first-order valence-electron chi connectivity index (χ1n) is 7.65. The van der Waals surface area contributed by atoms with Crippen molar-refractivity contribution in [2.45, 2.75) is 38.8 Å². The Morgan fingerprint density at radius 3 is 3.19 bits per heavy atom. The van der Waals surface area contributed by atoms with E-state index in [9.17, 15) is 4.79 Å². The predicted octanol–water partition coefficient (Wildman–Crippen LogP) is 1.57. The van der Waals surface area contributed by atoms with Gasteiger partial charge >= 0.3 is 6.03 Å². The van der Waals surface area contributed by atoms with Gasteiger partial charge in [0.15, 0.2) is 0 Å². The van der Waals surface area contributed by atoms with Crippen molar-refractivity contribution in [2.24, 2.45) is 0 Å². The van der Waals surface area contributed by atoms with Crippen molar-refractivity contribution >= 4 is 17.4 Å². The van der Waals surface area contributed by atoms with Crippen LogP contribution in [-0.4, -0.2) is 48.3 Å². The van der Waals surface area contributed by atoms with Gasteiger partial charge in [-0.1, -0.05) is 6.92 Å². The standard InChI is InChI=1S/C15H25N3O2S/c1-2-13(4-9-19)17-15(20)16-6-8-18-7-3-14-12(11-18)5-10-21-14/h5,10,13,19H,2-4,6-9,11H2,1H3,(H2,16,17,20). The molecule has 0 saturated heterocycles. The minimum absolute atomic E-state index is 0.0540. The number of rotatable bonds is 7. The number of aliphatic hydroxyl groups is 1. The minimum atomic E-state index is -0.136. The third-order valence-electron chi connectivity index (χ3n) is 3.91. The molecule has 2 amide bonds. The average molecular weight is 311 g/mol. The molecule has 1 atom stereocenters. The van der Waals surface area contributed by atoms with Crippen LogP contribution in [0.4, 0.5) is 4.79 Å². The van der Waals surface area contributed by atoms with Gasteiger partial charge in [-0.25, -0.2) is 4.79 Å². The van der Waals surface area contributed by atoms with Crippen LogP contribution in [0.2, 0.25) is 0 Å². The predicted molar refractivity (Wildman–Crippen MR) is 85.6 cm³/mol. The summed E-state index contributed by atoms with van der Waals surface area (Å²) in [6, 6.07) is 2.12. The molecule has 2 heterocycles. The van der Waals surface area contributed by atoms with E-state index in [2.05, 4.69) is 27.0 Å². The number of fused-ring (bicyclic) bond motifs is 1.